The van der Waals surface area contributed by atoms with E-state index in [1.165, 1.54) is 0 Å². The molecule has 1 saturated carbocycles. The van der Waals surface area contributed by atoms with Gasteiger partial charge in [0.15, 0.2) is 0 Å². The van der Waals surface area contributed by atoms with E-state index >= 15 is 0 Å². The van der Waals surface area contributed by atoms with Crippen molar-refractivity contribution in [1.29, 1.82) is 0 Å². The van der Waals surface area contributed by atoms with Crippen molar-refractivity contribution in [3.8, 4) is 0 Å². The predicted octanol–water partition coefficient (Wildman–Crippen LogP) is 2.66. The largest absolute Gasteiger partial charge is 0.365 e. The van der Waals surface area contributed by atoms with Crippen LogP contribution in [0, 0.1) is 5.92 Å². The minimum Gasteiger partial charge on any atom is -0.365 e. The number of anilines is 1. The fraction of sp³-hybridized carbons (Fsp3) is 0.526. The smallest absolute Gasteiger partial charge is 0.321 e. The Balaban J connectivity index is 1.43. The Hall–Kier alpha value is -1.99. The summed E-state index contributed by atoms with van der Waals surface area (Å²) in [4.78, 5) is 39.6. The molecule has 1 aliphatic heterocycles. The van der Waals surface area contributed by atoms with Gasteiger partial charge < -0.3 is 15.1 Å². The van der Waals surface area contributed by atoms with Crippen LogP contribution in [0.25, 0.3) is 0 Å². The van der Waals surface area contributed by atoms with Crippen LogP contribution in [-0.2, 0) is 9.59 Å². The molecule has 0 unspecified atom stereocenters. The monoisotopic (exact) mass is 426 g/mol. The molecule has 0 aromatic heterocycles. The maximum atomic E-state index is 12.4. The molecule has 2 fully saturated rings. The number of piperazine rings is 1. The standard InChI is InChI=1S/C19H24Cl2N4O3/c1-12-11-24(6-7-25(12)16-9-14(20)8-15(21)10-16)17(26)4-5-22-19(28)23-18(27)13-2-3-13/h8-10,12-13H,2-7,11H2,1H3,(H2,22,23,27,28)/t12-/m0/s1. The van der Waals surface area contributed by atoms with Gasteiger partial charge in [0, 0.05) is 60.3 Å². The third-order valence-corrected chi connectivity index (χ3v) is 5.40. The Morgan fingerprint density at radius 3 is 2.39 bits per heavy atom. The van der Waals surface area contributed by atoms with Gasteiger partial charge in [-0.1, -0.05) is 23.2 Å². The first-order valence-corrected chi connectivity index (χ1v) is 10.2. The molecular weight excluding hydrogens is 403 g/mol. The molecule has 1 heterocycles. The van der Waals surface area contributed by atoms with E-state index < -0.39 is 6.03 Å². The molecule has 3 rings (SSSR count). The van der Waals surface area contributed by atoms with Gasteiger partial charge in [-0.15, -0.1) is 0 Å². The molecule has 2 aliphatic rings. The number of urea groups is 1. The molecule has 0 bridgehead atoms. The average molecular weight is 427 g/mol. The number of hydrogen-bond donors (Lipinski definition) is 2. The number of amides is 4. The van der Waals surface area contributed by atoms with Crippen LogP contribution in [0.1, 0.15) is 26.2 Å². The summed E-state index contributed by atoms with van der Waals surface area (Å²) >= 11 is 12.2. The summed E-state index contributed by atoms with van der Waals surface area (Å²) in [7, 11) is 0. The van der Waals surface area contributed by atoms with Crippen LogP contribution in [0.5, 0.6) is 0 Å². The second-order valence-corrected chi connectivity index (χ2v) is 8.15. The minimum absolute atomic E-state index is 0.0237. The van der Waals surface area contributed by atoms with Crippen molar-refractivity contribution in [2.75, 3.05) is 31.1 Å². The second kappa shape index (κ2) is 9.01. The number of nitrogens with one attached hydrogen (secondary N) is 2. The van der Waals surface area contributed by atoms with Crippen molar-refractivity contribution in [2.24, 2.45) is 5.92 Å². The van der Waals surface area contributed by atoms with Gasteiger partial charge in [-0.2, -0.15) is 0 Å². The van der Waals surface area contributed by atoms with Gasteiger partial charge in [0.25, 0.3) is 0 Å². The van der Waals surface area contributed by atoms with Crippen LogP contribution in [0.4, 0.5) is 10.5 Å². The SMILES string of the molecule is C[C@H]1CN(C(=O)CCNC(=O)NC(=O)C2CC2)CCN1c1cc(Cl)cc(Cl)c1. The zero-order valence-electron chi connectivity index (χ0n) is 15.7. The lowest BCUT2D eigenvalue weighted by molar-refractivity contribution is -0.131. The summed E-state index contributed by atoms with van der Waals surface area (Å²) in [5.41, 5.74) is 0.941. The highest BCUT2D eigenvalue weighted by molar-refractivity contribution is 6.35. The fourth-order valence-electron chi connectivity index (χ4n) is 3.32. The van der Waals surface area contributed by atoms with Crippen LogP contribution < -0.4 is 15.5 Å². The lowest BCUT2D eigenvalue weighted by Gasteiger charge is -2.41. The van der Waals surface area contributed by atoms with E-state index in [0.717, 1.165) is 18.5 Å². The maximum Gasteiger partial charge on any atom is 0.321 e. The summed E-state index contributed by atoms with van der Waals surface area (Å²) in [6.45, 7) is 4.08. The first-order chi connectivity index (χ1) is 13.3. The Morgan fingerprint density at radius 2 is 1.79 bits per heavy atom. The predicted molar refractivity (Wildman–Crippen MR) is 109 cm³/mol. The van der Waals surface area contributed by atoms with E-state index in [2.05, 4.69) is 15.5 Å². The lowest BCUT2D eigenvalue weighted by atomic mass is 10.1. The van der Waals surface area contributed by atoms with Crippen molar-refractivity contribution >= 4 is 46.7 Å². The molecule has 1 saturated heterocycles. The first-order valence-electron chi connectivity index (χ1n) is 9.42. The second-order valence-electron chi connectivity index (χ2n) is 7.28. The van der Waals surface area contributed by atoms with Crippen molar-refractivity contribution in [1.82, 2.24) is 15.5 Å². The molecule has 0 spiro atoms. The lowest BCUT2D eigenvalue weighted by Crippen LogP contribution is -2.54. The number of halogens is 2. The molecule has 2 N–H and O–H groups in total. The summed E-state index contributed by atoms with van der Waals surface area (Å²) in [6, 6.07) is 5.00. The quantitative estimate of drug-likeness (QED) is 0.757. The zero-order valence-corrected chi connectivity index (χ0v) is 17.2. The number of rotatable bonds is 5. The molecule has 9 heteroatoms. The molecule has 4 amide bonds. The van der Waals surface area contributed by atoms with Crippen molar-refractivity contribution in [3.63, 3.8) is 0 Å². The van der Waals surface area contributed by atoms with E-state index in [4.69, 9.17) is 23.2 Å². The molecule has 28 heavy (non-hydrogen) atoms. The Bertz CT molecular complexity index is 749. The van der Waals surface area contributed by atoms with E-state index in [-0.39, 0.29) is 36.7 Å². The van der Waals surface area contributed by atoms with Crippen LogP contribution in [-0.4, -0.2) is 55.0 Å². The minimum atomic E-state index is -0.541. The number of hydrogen-bond acceptors (Lipinski definition) is 4. The van der Waals surface area contributed by atoms with Crippen molar-refractivity contribution < 1.29 is 14.4 Å². The van der Waals surface area contributed by atoms with Crippen LogP contribution in [0.3, 0.4) is 0 Å². The highest BCUT2D eigenvalue weighted by atomic mass is 35.5. The highest BCUT2D eigenvalue weighted by Crippen LogP contribution is 2.29. The Labute approximate surface area is 174 Å². The Kier molecular flexibility index (Phi) is 6.67. The van der Waals surface area contributed by atoms with Crippen LogP contribution in [0.2, 0.25) is 10.0 Å². The van der Waals surface area contributed by atoms with Crippen LogP contribution >= 0.6 is 23.2 Å². The van der Waals surface area contributed by atoms with Gasteiger partial charge in [-0.3, -0.25) is 14.9 Å². The zero-order chi connectivity index (χ0) is 20.3. The number of carbonyl (C=O) groups excluding carboxylic acids is 3. The normalized spacial score (nSPS) is 19.3. The van der Waals surface area contributed by atoms with Gasteiger partial charge in [0.2, 0.25) is 11.8 Å². The molecule has 7 nitrogen and oxygen atoms in total. The average Bonchev–Trinajstić information content (AvgIpc) is 3.45. The fourth-order valence-corrected chi connectivity index (χ4v) is 3.83. The van der Waals surface area contributed by atoms with E-state index in [1.54, 1.807) is 11.0 Å². The molecule has 1 aliphatic carbocycles. The summed E-state index contributed by atoms with van der Waals surface area (Å²) in [6.07, 6.45) is 1.87. The number of imide groups is 1. The third kappa shape index (κ3) is 5.52. The van der Waals surface area contributed by atoms with Gasteiger partial charge in [0.05, 0.1) is 0 Å². The molecule has 152 valence electrons. The maximum absolute atomic E-state index is 12.4. The summed E-state index contributed by atoms with van der Waals surface area (Å²) in [5.74, 6) is -0.293. The van der Waals surface area contributed by atoms with Gasteiger partial charge in [-0.25, -0.2) is 4.79 Å². The van der Waals surface area contributed by atoms with Crippen molar-refractivity contribution in [2.45, 2.75) is 32.2 Å². The van der Waals surface area contributed by atoms with E-state index in [1.807, 2.05) is 19.1 Å². The highest BCUT2D eigenvalue weighted by Gasteiger charge is 2.31. The van der Waals surface area contributed by atoms with Gasteiger partial charge in [-0.05, 0) is 38.0 Å². The van der Waals surface area contributed by atoms with Gasteiger partial charge in [0.1, 0.15) is 0 Å². The molecule has 1 atom stereocenters. The molecule has 1 aromatic carbocycles. The van der Waals surface area contributed by atoms with E-state index in [9.17, 15) is 14.4 Å². The molecule has 1 aromatic rings. The number of carbonyl (C=O) groups is 3. The number of benzene rings is 1. The molecular formula is C19H24Cl2N4O3. The van der Waals surface area contributed by atoms with Crippen LogP contribution in [0.15, 0.2) is 18.2 Å². The van der Waals surface area contributed by atoms with Gasteiger partial charge >= 0.3 is 6.03 Å². The summed E-state index contributed by atoms with van der Waals surface area (Å²) < 4.78 is 0. The topological polar surface area (TPSA) is 81.8 Å². The summed E-state index contributed by atoms with van der Waals surface area (Å²) in [5, 5.41) is 6.02. The third-order valence-electron chi connectivity index (χ3n) is 4.97. The first kappa shape index (κ1) is 20.7. The van der Waals surface area contributed by atoms with Crippen molar-refractivity contribution in [3.05, 3.63) is 28.2 Å². The molecule has 0 radical (unpaired) electrons. The van der Waals surface area contributed by atoms with E-state index in [0.29, 0.717) is 29.7 Å². The Morgan fingerprint density at radius 1 is 1.11 bits per heavy atom. The number of nitrogens with zero attached hydrogens (tertiary/aromatic N) is 2.